The van der Waals surface area contributed by atoms with Gasteiger partial charge in [0.2, 0.25) is 5.91 Å². The molecule has 0 heterocycles. The summed E-state index contributed by atoms with van der Waals surface area (Å²) in [6.45, 7) is 3.93. The van der Waals surface area contributed by atoms with Crippen molar-refractivity contribution >= 4 is 11.8 Å². The molecule has 0 radical (unpaired) electrons. The summed E-state index contributed by atoms with van der Waals surface area (Å²) in [6.07, 6.45) is 0.826. The van der Waals surface area contributed by atoms with E-state index in [1.54, 1.807) is 19.1 Å². The molecule has 4 nitrogen and oxygen atoms in total. The van der Waals surface area contributed by atoms with E-state index in [2.05, 4.69) is 10.6 Å². The number of halogens is 1. The van der Waals surface area contributed by atoms with Gasteiger partial charge in [-0.15, -0.1) is 0 Å². The van der Waals surface area contributed by atoms with E-state index in [9.17, 15) is 14.0 Å². The summed E-state index contributed by atoms with van der Waals surface area (Å²) < 4.78 is 13.6. The van der Waals surface area contributed by atoms with Crippen molar-refractivity contribution in [2.45, 2.75) is 20.3 Å². The lowest BCUT2D eigenvalue weighted by Crippen LogP contribution is -2.37. The Labute approximate surface area is 106 Å². The molecular formula is C13H17FN2O2. The first-order valence-electron chi connectivity index (χ1n) is 5.86. The van der Waals surface area contributed by atoms with Crippen molar-refractivity contribution in [1.82, 2.24) is 10.6 Å². The van der Waals surface area contributed by atoms with E-state index in [-0.39, 0.29) is 18.0 Å². The molecule has 18 heavy (non-hydrogen) atoms. The normalized spacial score (nSPS) is 9.94. The quantitative estimate of drug-likeness (QED) is 0.832. The minimum Gasteiger partial charge on any atom is -0.355 e. The Balaban J connectivity index is 2.55. The van der Waals surface area contributed by atoms with Crippen LogP contribution in [0.2, 0.25) is 0 Å². The summed E-state index contributed by atoms with van der Waals surface area (Å²) in [5, 5.41) is 5.00. The van der Waals surface area contributed by atoms with E-state index >= 15 is 0 Å². The maximum absolute atomic E-state index is 13.6. The van der Waals surface area contributed by atoms with E-state index in [0.29, 0.717) is 12.1 Å². The molecule has 0 atom stereocenters. The maximum atomic E-state index is 13.6. The van der Waals surface area contributed by atoms with Gasteiger partial charge in [0.05, 0.1) is 12.1 Å². The second-order valence-electron chi connectivity index (χ2n) is 3.97. The molecule has 0 unspecified atom stereocenters. The van der Waals surface area contributed by atoms with Crippen molar-refractivity contribution < 1.29 is 14.0 Å². The molecule has 0 aliphatic heterocycles. The van der Waals surface area contributed by atoms with Crippen molar-refractivity contribution in [3.63, 3.8) is 0 Å². The monoisotopic (exact) mass is 252 g/mol. The molecule has 0 aromatic heterocycles. The van der Waals surface area contributed by atoms with Crippen molar-refractivity contribution in [2.24, 2.45) is 0 Å². The van der Waals surface area contributed by atoms with Gasteiger partial charge in [0.1, 0.15) is 5.82 Å². The molecule has 0 fully saturated rings. The van der Waals surface area contributed by atoms with Gasteiger partial charge in [-0.25, -0.2) is 4.39 Å². The number of carbonyl (C=O) groups is 2. The van der Waals surface area contributed by atoms with Gasteiger partial charge in [0.25, 0.3) is 5.91 Å². The smallest absolute Gasteiger partial charge is 0.254 e. The summed E-state index contributed by atoms with van der Waals surface area (Å²) in [5.41, 5.74) is 0.358. The van der Waals surface area contributed by atoms with Crippen molar-refractivity contribution in [2.75, 3.05) is 13.1 Å². The van der Waals surface area contributed by atoms with Gasteiger partial charge in [-0.1, -0.05) is 19.1 Å². The Hall–Kier alpha value is -1.91. The zero-order valence-electron chi connectivity index (χ0n) is 10.5. The summed E-state index contributed by atoms with van der Waals surface area (Å²) in [6, 6.07) is 4.58. The standard InChI is InChI=1S/C13H17FN2O2/c1-3-7-15-11(17)8-16-13(18)10-6-4-5-9(2)12(10)14/h4-6H,3,7-8H2,1-2H3,(H,15,17)(H,16,18). The van der Waals surface area contributed by atoms with E-state index in [1.165, 1.54) is 6.07 Å². The first-order chi connectivity index (χ1) is 8.56. The summed E-state index contributed by atoms with van der Waals surface area (Å²) in [4.78, 5) is 22.9. The van der Waals surface area contributed by atoms with Gasteiger partial charge in [0.15, 0.2) is 0 Å². The first kappa shape index (κ1) is 14.2. The molecule has 1 rings (SSSR count). The third-order valence-corrected chi connectivity index (χ3v) is 2.42. The Morgan fingerprint density at radius 1 is 1.28 bits per heavy atom. The fourth-order valence-corrected chi connectivity index (χ4v) is 1.41. The number of nitrogens with one attached hydrogen (secondary N) is 2. The highest BCUT2D eigenvalue weighted by molar-refractivity contribution is 5.96. The van der Waals surface area contributed by atoms with Gasteiger partial charge in [-0.2, -0.15) is 0 Å². The molecule has 5 heteroatoms. The fourth-order valence-electron chi connectivity index (χ4n) is 1.41. The van der Waals surface area contributed by atoms with Crippen molar-refractivity contribution in [3.8, 4) is 0 Å². The lowest BCUT2D eigenvalue weighted by molar-refractivity contribution is -0.120. The molecule has 0 aliphatic rings. The molecule has 0 saturated heterocycles. The van der Waals surface area contributed by atoms with E-state index < -0.39 is 11.7 Å². The van der Waals surface area contributed by atoms with Crippen LogP contribution in [0.25, 0.3) is 0 Å². The third-order valence-electron chi connectivity index (χ3n) is 2.42. The van der Waals surface area contributed by atoms with Crippen LogP contribution >= 0.6 is 0 Å². The maximum Gasteiger partial charge on any atom is 0.254 e. The van der Waals surface area contributed by atoms with Crippen LogP contribution < -0.4 is 10.6 Å². The minimum absolute atomic E-state index is 0.0432. The number of hydrogen-bond acceptors (Lipinski definition) is 2. The zero-order valence-corrected chi connectivity index (χ0v) is 10.5. The van der Waals surface area contributed by atoms with Gasteiger partial charge >= 0.3 is 0 Å². The Kier molecular flexibility index (Phi) is 5.30. The number of benzene rings is 1. The number of amides is 2. The Morgan fingerprint density at radius 2 is 2.00 bits per heavy atom. The SMILES string of the molecule is CCCNC(=O)CNC(=O)c1cccc(C)c1F. The van der Waals surface area contributed by atoms with Crippen molar-refractivity contribution in [3.05, 3.63) is 35.1 Å². The number of aryl methyl sites for hydroxylation is 1. The van der Waals surface area contributed by atoms with Crippen LogP contribution in [0.15, 0.2) is 18.2 Å². The summed E-state index contributed by atoms with van der Waals surface area (Å²) >= 11 is 0. The highest BCUT2D eigenvalue weighted by Crippen LogP contribution is 2.11. The van der Waals surface area contributed by atoms with Crippen LogP contribution in [0.3, 0.4) is 0 Å². The third kappa shape index (κ3) is 3.84. The van der Waals surface area contributed by atoms with Gasteiger partial charge < -0.3 is 10.6 Å². The molecule has 1 aromatic carbocycles. The van der Waals surface area contributed by atoms with Crippen LogP contribution in [0.4, 0.5) is 4.39 Å². The largest absolute Gasteiger partial charge is 0.355 e. The predicted molar refractivity (Wildman–Crippen MR) is 66.8 cm³/mol. The fraction of sp³-hybridized carbons (Fsp3) is 0.385. The topological polar surface area (TPSA) is 58.2 Å². The average Bonchev–Trinajstić information content (AvgIpc) is 2.36. The van der Waals surface area contributed by atoms with E-state index in [1.807, 2.05) is 6.92 Å². The zero-order chi connectivity index (χ0) is 13.5. The van der Waals surface area contributed by atoms with Gasteiger partial charge in [-0.05, 0) is 25.0 Å². The van der Waals surface area contributed by atoms with Crippen LogP contribution in [0.5, 0.6) is 0 Å². The number of carbonyl (C=O) groups excluding carboxylic acids is 2. The highest BCUT2D eigenvalue weighted by atomic mass is 19.1. The molecular weight excluding hydrogens is 235 g/mol. The van der Waals surface area contributed by atoms with Crippen LogP contribution in [0.1, 0.15) is 29.3 Å². The van der Waals surface area contributed by atoms with E-state index in [0.717, 1.165) is 6.42 Å². The average molecular weight is 252 g/mol. The summed E-state index contributed by atoms with van der Waals surface area (Å²) in [7, 11) is 0. The predicted octanol–water partition coefficient (Wildman–Crippen LogP) is 1.39. The molecule has 0 bridgehead atoms. The van der Waals surface area contributed by atoms with Crippen LogP contribution in [-0.2, 0) is 4.79 Å². The molecule has 0 saturated carbocycles. The highest BCUT2D eigenvalue weighted by Gasteiger charge is 2.13. The molecule has 0 aliphatic carbocycles. The lowest BCUT2D eigenvalue weighted by atomic mass is 10.1. The molecule has 1 aromatic rings. The van der Waals surface area contributed by atoms with Gasteiger partial charge in [-0.3, -0.25) is 9.59 Å². The first-order valence-corrected chi connectivity index (χ1v) is 5.86. The van der Waals surface area contributed by atoms with Gasteiger partial charge in [0, 0.05) is 6.54 Å². The Bertz CT molecular complexity index is 447. The van der Waals surface area contributed by atoms with Crippen LogP contribution in [0, 0.1) is 12.7 Å². The second kappa shape index (κ2) is 6.74. The molecule has 2 N–H and O–H groups in total. The second-order valence-corrected chi connectivity index (χ2v) is 3.97. The number of hydrogen-bond donors (Lipinski definition) is 2. The van der Waals surface area contributed by atoms with E-state index in [4.69, 9.17) is 0 Å². The van der Waals surface area contributed by atoms with Crippen molar-refractivity contribution in [1.29, 1.82) is 0 Å². The lowest BCUT2D eigenvalue weighted by Gasteiger charge is -2.07. The molecule has 0 spiro atoms. The minimum atomic E-state index is -0.581. The molecule has 98 valence electrons. The molecule has 2 amide bonds. The summed E-state index contributed by atoms with van der Waals surface area (Å²) in [5.74, 6) is -1.41. The Morgan fingerprint density at radius 3 is 2.67 bits per heavy atom. The van der Waals surface area contributed by atoms with Crippen LogP contribution in [-0.4, -0.2) is 24.9 Å². The number of rotatable bonds is 5.